The van der Waals surface area contributed by atoms with Gasteiger partial charge in [0, 0.05) is 12.6 Å². The molecule has 1 aromatic rings. The Morgan fingerprint density at radius 1 is 1.47 bits per heavy atom. The second kappa shape index (κ2) is 7.31. The Morgan fingerprint density at radius 3 is 2.79 bits per heavy atom. The van der Waals surface area contributed by atoms with Crippen molar-refractivity contribution >= 4 is 18.0 Å². The molecular formula is C14H16FNO3. The van der Waals surface area contributed by atoms with Crippen LogP contribution in [-0.2, 0) is 9.59 Å². The van der Waals surface area contributed by atoms with Crippen molar-refractivity contribution in [1.29, 1.82) is 0 Å². The van der Waals surface area contributed by atoms with Gasteiger partial charge in [0.05, 0.1) is 5.92 Å². The number of amides is 1. The van der Waals surface area contributed by atoms with Gasteiger partial charge in [0.25, 0.3) is 0 Å². The monoisotopic (exact) mass is 265 g/mol. The quantitative estimate of drug-likeness (QED) is 0.774. The number of benzene rings is 1. The number of carbonyl (C=O) groups is 2. The highest BCUT2D eigenvalue weighted by molar-refractivity contribution is 5.91. The summed E-state index contributed by atoms with van der Waals surface area (Å²) in [6, 6.07) is 5.83. The summed E-state index contributed by atoms with van der Waals surface area (Å²) in [5, 5.41) is 11.3. The summed E-state index contributed by atoms with van der Waals surface area (Å²) >= 11 is 0. The number of rotatable bonds is 6. The van der Waals surface area contributed by atoms with Gasteiger partial charge in [-0.25, -0.2) is 4.39 Å². The molecule has 0 aromatic heterocycles. The summed E-state index contributed by atoms with van der Waals surface area (Å²) in [4.78, 5) is 22.2. The Labute approximate surface area is 110 Å². The van der Waals surface area contributed by atoms with Gasteiger partial charge in [-0.1, -0.05) is 19.1 Å². The van der Waals surface area contributed by atoms with Gasteiger partial charge >= 0.3 is 5.97 Å². The second-order valence-electron chi connectivity index (χ2n) is 4.08. The number of carbonyl (C=O) groups excluding carboxylic acids is 1. The van der Waals surface area contributed by atoms with E-state index in [-0.39, 0.29) is 12.4 Å². The van der Waals surface area contributed by atoms with Crippen LogP contribution in [0.4, 0.5) is 4.39 Å². The predicted molar refractivity (Wildman–Crippen MR) is 69.9 cm³/mol. The maximum absolute atomic E-state index is 12.9. The Balaban J connectivity index is 2.49. The van der Waals surface area contributed by atoms with Crippen molar-refractivity contribution in [3.05, 3.63) is 41.7 Å². The van der Waals surface area contributed by atoms with Crippen LogP contribution in [-0.4, -0.2) is 23.5 Å². The third kappa shape index (κ3) is 5.33. The Morgan fingerprint density at radius 2 is 2.21 bits per heavy atom. The fraction of sp³-hybridized carbons (Fsp3) is 0.286. The molecule has 1 unspecified atom stereocenters. The van der Waals surface area contributed by atoms with E-state index in [0.717, 1.165) is 0 Å². The summed E-state index contributed by atoms with van der Waals surface area (Å²) < 4.78 is 12.9. The molecule has 0 aliphatic rings. The molecule has 1 amide bonds. The first kappa shape index (κ1) is 14.9. The van der Waals surface area contributed by atoms with Gasteiger partial charge in [0.2, 0.25) is 5.91 Å². The highest BCUT2D eigenvalue weighted by atomic mass is 19.1. The Bertz CT molecular complexity index is 485. The largest absolute Gasteiger partial charge is 0.481 e. The SMILES string of the molecule is CCC(CNC(=O)C=Cc1cccc(F)c1)C(=O)O. The summed E-state index contributed by atoms with van der Waals surface area (Å²) in [6.45, 7) is 1.83. The third-order valence-electron chi connectivity index (χ3n) is 2.64. The first-order valence-corrected chi connectivity index (χ1v) is 5.97. The van der Waals surface area contributed by atoms with Crippen LogP contribution in [0.1, 0.15) is 18.9 Å². The summed E-state index contributed by atoms with van der Waals surface area (Å²) in [5.74, 6) is -2.30. The number of hydrogen-bond acceptors (Lipinski definition) is 2. The molecule has 0 fully saturated rings. The van der Waals surface area contributed by atoms with Crippen LogP contribution < -0.4 is 5.32 Å². The van der Waals surface area contributed by atoms with E-state index in [2.05, 4.69) is 5.32 Å². The van der Waals surface area contributed by atoms with Crippen molar-refractivity contribution in [2.45, 2.75) is 13.3 Å². The van der Waals surface area contributed by atoms with E-state index in [9.17, 15) is 14.0 Å². The molecule has 102 valence electrons. The van der Waals surface area contributed by atoms with Crippen molar-refractivity contribution in [2.24, 2.45) is 5.92 Å². The zero-order valence-corrected chi connectivity index (χ0v) is 10.6. The van der Waals surface area contributed by atoms with E-state index < -0.39 is 17.8 Å². The van der Waals surface area contributed by atoms with Crippen molar-refractivity contribution in [1.82, 2.24) is 5.32 Å². The van der Waals surface area contributed by atoms with Gasteiger partial charge in [0.1, 0.15) is 5.82 Å². The van der Waals surface area contributed by atoms with Crippen LogP contribution >= 0.6 is 0 Å². The molecule has 5 heteroatoms. The van der Waals surface area contributed by atoms with Crippen molar-refractivity contribution < 1.29 is 19.1 Å². The normalized spacial score (nSPS) is 12.3. The molecule has 0 aliphatic carbocycles. The van der Waals surface area contributed by atoms with Gasteiger partial charge in [-0.3, -0.25) is 9.59 Å². The maximum atomic E-state index is 12.9. The summed E-state index contributed by atoms with van der Waals surface area (Å²) in [5.41, 5.74) is 0.570. The van der Waals surface area contributed by atoms with Crippen LogP contribution in [0.25, 0.3) is 6.08 Å². The van der Waals surface area contributed by atoms with E-state index >= 15 is 0 Å². The standard InChI is InChI=1S/C14H16FNO3/c1-2-11(14(18)19)9-16-13(17)7-6-10-4-3-5-12(15)8-10/h3-8,11H,2,9H2,1H3,(H,16,17)(H,18,19). The number of nitrogens with one attached hydrogen (secondary N) is 1. The molecule has 1 atom stereocenters. The number of aliphatic carboxylic acids is 1. The lowest BCUT2D eigenvalue weighted by molar-refractivity contribution is -0.141. The van der Waals surface area contributed by atoms with Crippen molar-refractivity contribution in [2.75, 3.05) is 6.54 Å². The van der Waals surface area contributed by atoms with Crippen molar-refractivity contribution in [3.63, 3.8) is 0 Å². The number of halogens is 1. The molecule has 2 N–H and O–H groups in total. The van der Waals surface area contributed by atoms with E-state index in [4.69, 9.17) is 5.11 Å². The van der Waals surface area contributed by atoms with Crippen LogP contribution in [0.2, 0.25) is 0 Å². The first-order valence-electron chi connectivity index (χ1n) is 5.97. The highest BCUT2D eigenvalue weighted by Crippen LogP contribution is 2.05. The molecule has 0 saturated heterocycles. The van der Waals surface area contributed by atoms with Crippen LogP contribution in [0, 0.1) is 11.7 Å². The van der Waals surface area contributed by atoms with Gasteiger partial charge in [-0.15, -0.1) is 0 Å². The number of carboxylic acid groups (broad SMARTS) is 1. The molecule has 0 heterocycles. The van der Waals surface area contributed by atoms with Crippen LogP contribution in [0.5, 0.6) is 0 Å². The zero-order chi connectivity index (χ0) is 14.3. The minimum Gasteiger partial charge on any atom is -0.481 e. The van der Waals surface area contributed by atoms with E-state index in [1.165, 1.54) is 24.3 Å². The number of carboxylic acids is 1. The lowest BCUT2D eigenvalue weighted by atomic mass is 10.1. The molecule has 0 aliphatic heterocycles. The summed E-state index contributed by atoms with van der Waals surface area (Å²) in [6.07, 6.45) is 3.17. The zero-order valence-electron chi connectivity index (χ0n) is 10.6. The topological polar surface area (TPSA) is 66.4 Å². The minimum atomic E-state index is -0.933. The minimum absolute atomic E-state index is 0.0815. The molecule has 0 bridgehead atoms. The Kier molecular flexibility index (Phi) is 5.73. The molecule has 0 spiro atoms. The molecule has 0 radical (unpaired) electrons. The number of hydrogen-bond donors (Lipinski definition) is 2. The predicted octanol–water partition coefficient (Wildman–Crippen LogP) is 2.07. The lowest BCUT2D eigenvalue weighted by Gasteiger charge is -2.09. The molecule has 1 aromatic carbocycles. The summed E-state index contributed by atoms with van der Waals surface area (Å²) in [7, 11) is 0. The second-order valence-corrected chi connectivity index (χ2v) is 4.08. The highest BCUT2D eigenvalue weighted by Gasteiger charge is 2.14. The van der Waals surface area contributed by atoms with Gasteiger partial charge in [0.15, 0.2) is 0 Å². The van der Waals surface area contributed by atoms with E-state index in [1.54, 1.807) is 19.1 Å². The van der Waals surface area contributed by atoms with E-state index in [0.29, 0.717) is 12.0 Å². The fourth-order valence-electron chi connectivity index (χ4n) is 1.47. The van der Waals surface area contributed by atoms with E-state index in [1.807, 2.05) is 0 Å². The van der Waals surface area contributed by atoms with Crippen molar-refractivity contribution in [3.8, 4) is 0 Å². The van der Waals surface area contributed by atoms with Crippen LogP contribution in [0.3, 0.4) is 0 Å². The third-order valence-corrected chi connectivity index (χ3v) is 2.64. The molecule has 4 nitrogen and oxygen atoms in total. The fourth-order valence-corrected chi connectivity index (χ4v) is 1.47. The molecule has 0 saturated carbocycles. The Hall–Kier alpha value is -2.17. The first-order chi connectivity index (χ1) is 9.02. The van der Waals surface area contributed by atoms with Crippen LogP contribution in [0.15, 0.2) is 30.3 Å². The average Bonchev–Trinajstić information content (AvgIpc) is 2.37. The molecule has 1 rings (SSSR count). The molecular weight excluding hydrogens is 249 g/mol. The maximum Gasteiger partial charge on any atom is 0.308 e. The molecule has 19 heavy (non-hydrogen) atoms. The van der Waals surface area contributed by atoms with Gasteiger partial charge < -0.3 is 10.4 Å². The smallest absolute Gasteiger partial charge is 0.308 e. The van der Waals surface area contributed by atoms with Gasteiger partial charge in [-0.05, 0) is 30.2 Å². The average molecular weight is 265 g/mol. The van der Waals surface area contributed by atoms with Gasteiger partial charge in [-0.2, -0.15) is 0 Å². The lowest BCUT2D eigenvalue weighted by Crippen LogP contribution is -2.31.